The zero-order valence-electron chi connectivity index (χ0n) is 9.35. The van der Waals surface area contributed by atoms with Crippen molar-refractivity contribution in [2.24, 2.45) is 0 Å². The van der Waals surface area contributed by atoms with Gasteiger partial charge in [-0.3, -0.25) is 0 Å². The summed E-state index contributed by atoms with van der Waals surface area (Å²) in [4.78, 5) is 7.44. The standard InChI is InChI=1S/C12H16N2O2/c1-14-10-15-9-11(14)7-8-13-16-12-5-3-2-4-6-12/h2-6,9,13H,7-8,10H2,1H3. The summed E-state index contributed by atoms with van der Waals surface area (Å²) in [6, 6.07) is 9.67. The van der Waals surface area contributed by atoms with E-state index in [9.17, 15) is 0 Å². The van der Waals surface area contributed by atoms with Gasteiger partial charge < -0.3 is 14.5 Å². The number of para-hydroxylation sites is 1. The molecule has 1 heterocycles. The molecule has 0 atom stereocenters. The van der Waals surface area contributed by atoms with Crippen molar-refractivity contribution in [1.29, 1.82) is 0 Å². The van der Waals surface area contributed by atoms with Crippen molar-refractivity contribution in [2.45, 2.75) is 6.42 Å². The number of hydroxylamine groups is 1. The van der Waals surface area contributed by atoms with E-state index in [1.165, 1.54) is 5.70 Å². The molecule has 86 valence electrons. The topological polar surface area (TPSA) is 33.7 Å². The van der Waals surface area contributed by atoms with Crippen molar-refractivity contribution in [3.05, 3.63) is 42.3 Å². The number of hydrogen-bond donors (Lipinski definition) is 1. The first-order valence-corrected chi connectivity index (χ1v) is 5.33. The van der Waals surface area contributed by atoms with Gasteiger partial charge in [-0.1, -0.05) is 18.2 Å². The number of rotatable bonds is 5. The van der Waals surface area contributed by atoms with Gasteiger partial charge in [0.15, 0.2) is 6.73 Å². The smallest absolute Gasteiger partial charge is 0.160 e. The third kappa shape index (κ3) is 2.90. The predicted octanol–water partition coefficient (Wildman–Crippen LogP) is 1.72. The van der Waals surface area contributed by atoms with Gasteiger partial charge in [-0.15, -0.1) is 0 Å². The Morgan fingerprint density at radius 2 is 2.19 bits per heavy atom. The van der Waals surface area contributed by atoms with E-state index in [-0.39, 0.29) is 0 Å². The molecule has 0 bridgehead atoms. The maximum Gasteiger partial charge on any atom is 0.160 e. The van der Waals surface area contributed by atoms with E-state index in [2.05, 4.69) is 10.4 Å². The van der Waals surface area contributed by atoms with Crippen LogP contribution in [0, 0.1) is 0 Å². The van der Waals surface area contributed by atoms with E-state index in [0.717, 1.165) is 18.7 Å². The third-order valence-electron chi connectivity index (χ3n) is 2.39. The Morgan fingerprint density at radius 1 is 1.38 bits per heavy atom. The molecular weight excluding hydrogens is 204 g/mol. The summed E-state index contributed by atoms with van der Waals surface area (Å²) in [5, 5.41) is 0. The monoisotopic (exact) mass is 220 g/mol. The molecule has 0 spiro atoms. The second kappa shape index (κ2) is 5.42. The average molecular weight is 220 g/mol. The van der Waals surface area contributed by atoms with Gasteiger partial charge in [-0.2, -0.15) is 5.48 Å². The van der Waals surface area contributed by atoms with Crippen LogP contribution in [0.2, 0.25) is 0 Å². The minimum Gasteiger partial charge on any atom is -0.479 e. The van der Waals surface area contributed by atoms with Gasteiger partial charge in [0.25, 0.3) is 0 Å². The SMILES string of the molecule is CN1COC=C1CCNOc1ccccc1. The lowest BCUT2D eigenvalue weighted by Crippen LogP contribution is -2.23. The molecule has 0 radical (unpaired) electrons. The summed E-state index contributed by atoms with van der Waals surface area (Å²) in [5.41, 5.74) is 4.11. The Bertz CT molecular complexity index is 351. The van der Waals surface area contributed by atoms with Crippen molar-refractivity contribution >= 4 is 0 Å². The lowest BCUT2D eigenvalue weighted by molar-refractivity contribution is 0.179. The summed E-state index contributed by atoms with van der Waals surface area (Å²) < 4.78 is 5.18. The average Bonchev–Trinajstić information content (AvgIpc) is 2.72. The fourth-order valence-corrected chi connectivity index (χ4v) is 1.47. The van der Waals surface area contributed by atoms with Crippen LogP contribution in [-0.4, -0.2) is 25.2 Å². The predicted molar refractivity (Wildman–Crippen MR) is 61.5 cm³/mol. The molecule has 1 aromatic rings. The van der Waals surface area contributed by atoms with E-state index >= 15 is 0 Å². The number of benzene rings is 1. The molecular formula is C12H16N2O2. The van der Waals surface area contributed by atoms with Crippen LogP contribution in [-0.2, 0) is 4.74 Å². The van der Waals surface area contributed by atoms with Crippen LogP contribution in [0.15, 0.2) is 42.3 Å². The summed E-state index contributed by atoms with van der Waals surface area (Å²) in [6.45, 7) is 1.41. The molecule has 2 rings (SSSR count). The van der Waals surface area contributed by atoms with Gasteiger partial charge in [-0.25, -0.2) is 0 Å². The molecule has 4 heteroatoms. The molecule has 0 aliphatic carbocycles. The van der Waals surface area contributed by atoms with Gasteiger partial charge in [0.1, 0.15) is 12.0 Å². The van der Waals surface area contributed by atoms with Crippen molar-refractivity contribution in [1.82, 2.24) is 10.4 Å². The fraction of sp³-hybridized carbons (Fsp3) is 0.333. The van der Waals surface area contributed by atoms with Gasteiger partial charge in [0, 0.05) is 20.0 Å². The van der Waals surface area contributed by atoms with E-state index in [1.807, 2.05) is 37.4 Å². The Labute approximate surface area is 95.4 Å². The molecule has 0 saturated carbocycles. The summed E-state index contributed by atoms with van der Waals surface area (Å²) >= 11 is 0. The van der Waals surface area contributed by atoms with Crippen LogP contribution in [0.4, 0.5) is 0 Å². The highest BCUT2D eigenvalue weighted by molar-refractivity contribution is 5.20. The van der Waals surface area contributed by atoms with E-state index in [0.29, 0.717) is 6.73 Å². The molecule has 1 N–H and O–H groups in total. The Balaban J connectivity index is 1.66. The normalized spacial score (nSPS) is 14.6. The van der Waals surface area contributed by atoms with E-state index in [1.54, 1.807) is 6.26 Å². The summed E-state index contributed by atoms with van der Waals surface area (Å²) in [5.74, 6) is 0.826. The van der Waals surface area contributed by atoms with Crippen LogP contribution < -0.4 is 10.3 Å². The number of nitrogens with zero attached hydrogens (tertiary/aromatic N) is 1. The van der Waals surface area contributed by atoms with Crippen LogP contribution in [0.25, 0.3) is 0 Å². The minimum atomic E-state index is 0.648. The van der Waals surface area contributed by atoms with Gasteiger partial charge >= 0.3 is 0 Å². The van der Waals surface area contributed by atoms with Crippen molar-refractivity contribution in [2.75, 3.05) is 20.3 Å². The van der Waals surface area contributed by atoms with Gasteiger partial charge in [-0.05, 0) is 12.1 Å². The molecule has 0 aromatic heterocycles. The van der Waals surface area contributed by atoms with E-state index in [4.69, 9.17) is 9.57 Å². The van der Waals surface area contributed by atoms with E-state index < -0.39 is 0 Å². The quantitative estimate of drug-likeness (QED) is 0.605. The Hall–Kier alpha value is -1.68. The van der Waals surface area contributed by atoms with Crippen molar-refractivity contribution in [3.63, 3.8) is 0 Å². The lowest BCUT2D eigenvalue weighted by atomic mass is 10.3. The van der Waals surface area contributed by atoms with Crippen molar-refractivity contribution < 1.29 is 9.57 Å². The molecule has 16 heavy (non-hydrogen) atoms. The molecule has 0 unspecified atom stereocenters. The highest BCUT2D eigenvalue weighted by Gasteiger charge is 2.10. The lowest BCUT2D eigenvalue weighted by Gasteiger charge is -2.13. The number of nitrogens with one attached hydrogen (secondary N) is 1. The molecule has 1 aromatic carbocycles. The maximum atomic E-state index is 5.36. The first kappa shape index (κ1) is 10.8. The zero-order valence-corrected chi connectivity index (χ0v) is 9.35. The van der Waals surface area contributed by atoms with Crippen molar-refractivity contribution in [3.8, 4) is 5.75 Å². The Kier molecular flexibility index (Phi) is 3.66. The van der Waals surface area contributed by atoms with Crippen LogP contribution >= 0.6 is 0 Å². The van der Waals surface area contributed by atoms with Gasteiger partial charge in [0.05, 0.1) is 5.70 Å². The molecule has 0 amide bonds. The zero-order chi connectivity index (χ0) is 11.2. The minimum absolute atomic E-state index is 0.648. The highest BCUT2D eigenvalue weighted by atomic mass is 16.6. The van der Waals surface area contributed by atoms with Gasteiger partial charge in [0.2, 0.25) is 0 Å². The van der Waals surface area contributed by atoms with Crippen LogP contribution in [0.5, 0.6) is 5.75 Å². The van der Waals surface area contributed by atoms with Crippen LogP contribution in [0.3, 0.4) is 0 Å². The molecule has 1 aliphatic rings. The first-order chi connectivity index (χ1) is 7.86. The largest absolute Gasteiger partial charge is 0.479 e. The number of hydrogen-bond acceptors (Lipinski definition) is 4. The van der Waals surface area contributed by atoms with Crippen LogP contribution in [0.1, 0.15) is 6.42 Å². The summed E-state index contributed by atoms with van der Waals surface area (Å²) in [7, 11) is 2.01. The maximum absolute atomic E-state index is 5.36. The Morgan fingerprint density at radius 3 is 2.88 bits per heavy atom. The highest BCUT2D eigenvalue weighted by Crippen LogP contribution is 2.12. The molecule has 1 aliphatic heterocycles. The molecule has 4 nitrogen and oxygen atoms in total. The summed E-state index contributed by atoms with van der Waals surface area (Å²) in [6.07, 6.45) is 2.69. The molecule has 0 saturated heterocycles. The fourth-order valence-electron chi connectivity index (χ4n) is 1.47. The second-order valence-electron chi connectivity index (χ2n) is 3.66. The first-order valence-electron chi connectivity index (χ1n) is 5.33. The molecule has 0 fully saturated rings. The third-order valence-corrected chi connectivity index (χ3v) is 2.39. The number of ether oxygens (including phenoxy) is 1. The second-order valence-corrected chi connectivity index (χ2v) is 3.66.